The Kier molecular flexibility index (Phi) is 38.5. The van der Waals surface area contributed by atoms with Gasteiger partial charge in [0.15, 0.2) is 5.96 Å². The van der Waals surface area contributed by atoms with Gasteiger partial charge in [0.05, 0.1) is 26.4 Å². The van der Waals surface area contributed by atoms with Gasteiger partial charge in [-0.3, -0.25) is 77.3 Å². The molecule has 40 nitrogen and oxygen atoms in total. The number of carbonyl (C=O) groups excluding carboxylic acids is 15. The van der Waals surface area contributed by atoms with Crippen molar-refractivity contribution in [2.75, 3.05) is 51.0 Å². The number of phenolic OH excluding ortho intramolecular Hbond substituents is 2. The molecule has 117 heavy (non-hydrogen) atoms. The summed E-state index contributed by atoms with van der Waals surface area (Å²) in [5.41, 5.74) is 18.6. The molecule has 2 aliphatic rings. The van der Waals surface area contributed by atoms with Gasteiger partial charge < -0.3 is 127 Å². The maximum Gasteiger partial charge on any atom is 0.245 e. The van der Waals surface area contributed by atoms with Crippen LogP contribution in [-0.4, -0.2) is 255 Å². The lowest BCUT2D eigenvalue weighted by atomic mass is 9.98. The normalized spacial score (nSPS) is 24.6. The first-order chi connectivity index (χ1) is 55.7. The minimum atomic E-state index is -1.94. The number of unbranched alkanes of at least 4 members (excludes halogenated alkanes) is 1. The van der Waals surface area contributed by atoms with Crippen molar-refractivity contribution < 1.29 is 97.5 Å². The van der Waals surface area contributed by atoms with Gasteiger partial charge in [0, 0.05) is 60.8 Å². The number of hydrogen-bond donors (Lipinski definition) is 25. The molecule has 4 aromatic rings. The highest BCUT2D eigenvalue weighted by molar-refractivity contribution is 8.76. The number of benzene rings is 3. The number of aliphatic hydroxyl groups excluding tert-OH is 3. The number of rotatable bonds is 24. The number of aromatic hydroxyl groups is 2. The van der Waals surface area contributed by atoms with Crippen molar-refractivity contribution in [1.29, 1.82) is 5.41 Å². The lowest BCUT2D eigenvalue weighted by Crippen LogP contribution is -2.62. The second-order valence-electron chi connectivity index (χ2n) is 28.7. The number of H-pyrrole nitrogens is 1. The van der Waals surface area contributed by atoms with Crippen LogP contribution < -0.4 is 97.0 Å². The number of fused-ring (bicyclic) bond motifs is 6. The number of primary amides is 1. The summed E-state index contributed by atoms with van der Waals surface area (Å²) in [6, 6.07) is -4.92. The first kappa shape index (κ1) is 94.5. The second kappa shape index (κ2) is 47.6. The minimum Gasteiger partial charge on any atom is -0.508 e. The zero-order valence-electron chi connectivity index (χ0n) is 65.2. The summed E-state index contributed by atoms with van der Waals surface area (Å²) in [5, 5.41) is 98.5. The molecule has 2 fully saturated rings. The van der Waals surface area contributed by atoms with Crippen LogP contribution in [0.5, 0.6) is 11.5 Å². The molecule has 0 radical (unpaired) electrons. The van der Waals surface area contributed by atoms with Gasteiger partial charge in [-0.15, -0.1) is 0 Å². The fraction of sp³-hybridized carbons (Fsp3) is 0.520. The highest BCUT2D eigenvalue weighted by Crippen LogP contribution is 2.26. The van der Waals surface area contributed by atoms with E-state index in [1.165, 1.54) is 48.5 Å². The number of aromatic amines is 1. The number of nitrogens with two attached hydrogens (primary N) is 3. The molecule has 640 valence electrons. The van der Waals surface area contributed by atoms with Crippen molar-refractivity contribution in [1.82, 2.24) is 84.7 Å². The highest BCUT2D eigenvalue weighted by atomic mass is 33.1. The Labute approximate surface area is 681 Å². The number of para-hydroxylation sites is 1. The van der Waals surface area contributed by atoms with Gasteiger partial charge in [0.25, 0.3) is 0 Å². The molecule has 2 saturated heterocycles. The minimum absolute atomic E-state index is 0.0169. The fourth-order valence-electron chi connectivity index (χ4n) is 12.4. The van der Waals surface area contributed by atoms with Crippen LogP contribution in [0.4, 0.5) is 0 Å². The van der Waals surface area contributed by atoms with E-state index in [0.717, 1.165) is 21.6 Å². The molecule has 3 heterocycles. The predicted molar refractivity (Wildman–Crippen MR) is 429 cm³/mol. The van der Waals surface area contributed by atoms with Gasteiger partial charge >= 0.3 is 0 Å². The molecule has 1 aromatic heterocycles. The Hall–Kier alpha value is -11.3. The number of phenols is 2. The highest BCUT2D eigenvalue weighted by Gasteiger charge is 2.40. The third-order valence-corrected chi connectivity index (χ3v) is 21.5. The quantitative estimate of drug-likeness (QED) is 0.0134. The molecule has 0 aliphatic carbocycles. The van der Waals surface area contributed by atoms with Crippen LogP contribution in [0.15, 0.2) is 79.0 Å². The van der Waals surface area contributed by atoms with E-state index in [1.807, 2.05) is 0 Å². The number of nitrogens with one attached hydrogen (secondary N) is 17. The van der Waals surface area contributed by atoms with E-state index in [-0.39, 0.29) is 82.4 Å². The number of aliphatic hydroxyl groups is 3. The van der Waals surface area contributed by atoms with Crippen molar-refractivity contribution in [2.24, 2.45) is 29.0 Å². The first-order valence-corrected chi connectivity index (χ1v) is 40.7. The lowest BCUT2D eigenvalue weighted by Gasteiger charge is -2.29. The van der Waals surface area contributed by atoms with E-state index in [2.05, 4.69) is 84.7 Å². The van der Waals surface area contributed by atoms with Gasteiger partial charge in [-0.05, 0) is 110 Å². The molecule has 28 N–H and O–H groups in total. The average Bonchev–Trinajstić information content (AvgIpc) is 1.71. The van der Waals surface area contributed by atoms with Crippen LogP contribution in [0.1, 0.15) is 102 Å². The van der Waals surface area contributed by atoms with Crippen LogP contribution in [0.25, 0.3) is 10.9 Å². The van der Waals surface area contributed by atoms with Gasteiger partial charge in [0.1, 0.15) is 90.0 Å². The Morgan fingerprint density at radius 1 is 0.487 bits per heavy atom. The Bertz CT molecular complexity index is 4120. The van der Waals surface area contributed by atoms with Crippen molar-refractivity contribution in [2.45, 2.75) is 183 Å². The van der Waals surface area contributed by atoms with E-state index in [4.69, 9.17) is 22.6 Å². The number of guanidine groups is 1. The molecule has 0 spiro atoms. The van der Waals surface area contributed by atoms with Gasteiger partial charge in [-0.2, -0.15) is 0 Å². The standard InChI is InChI=1S/C75H108N20O20S2/c1-5-39(4)61-74(115)94-58-37-117-116-36-57(72(113)84-48(13-8-9-25-76)63(104)87-52(29-41-17-21-44(100)22-18-41)67(108)90-56(35-98)71(112)92-55(34-97)69(110)83-47(14-10-26-80-75(78)79)62(103)82-32-60(102)95-61)93-65(106)50(27-38(2)3)86-66(107)51(28-40-15-19-43(99)20-16-40)88-64(105)49(23-24-59(77)101)85-70(111)54(33-96)91-68(109)53(89-73(58)114)30-42-31-81-46-12-7-6-11-45(42)46/h6-7,11-12,15-22,31,38-39,47-58,61,81,96-100H,5,8-10,13-14,23-30,32-37,76H2,1-4H3,(H2,77,101)(H,82,103)(H,83,110)(H,84,113)(H,85,111)(H,86,107)(H,87,104)(H,88,105)(H,89,114)(H,90,108)(H,91,109)(H,92,112)(H,93,106)(H,94,115)(H,95,102)(H4,78,79,80)/t39-,47?,48-,49-,50?,51-,52-,53-,54-,55?,56-,57-,58-,61-/m0/s1. The van der Waals surface area contributed by atoms with E-state index < -0.39 is 242 Å². The molecule has 3 unspecified atom stereocenters. The summed E-state index contributed by atoms with van der Waals surface area (Å²) in [7, 11) is 1.64. The zero-order chi connectivity index (χ0) is 86.0. The van der Waals surface area contributed by atoms with Crippen molar-refractivity contribution in [3.05, 3.63) is 95.7 Å². The van der Waals surface area contributed by atoms with Crippen molar-refractivity contribution in [3.8, 4) is 11.5 Å². The van der Waals surface area contributed by atoms with Crippen LogP contribution in [0, 0.1) is 17.2 Å². The molecule has 0 saturated carbocycles. The number of amides is 15. The largest absolute Gasteiger partial charge is 0.508 e. The van der Waals surface area contributed by atoms with Crippen LogP contribution in [0.3, 0.4) is 0 Å². The predicted octanol–water partition coefficient (Wildman–Crippen LogP) is -5.84. The molecular weight excluding hydrogens is 1570 g/mol. The van der Waals surface area contributed by atoms with E-state index in [1.54, 1.807) is 58.2 Å². The summed E-state index contributed by atoms with van der Waals surface area (Å²) in [4.78, 5) is 222. The second-order valence-corrected chi connectivity index (χ2v) is 31.3. The summed E-state index contributed by atoms with van der Waals surface area (Å²) >= 11 is 0. The maximum absolute atomic E-state index is 15.4. The molecule has 6 rings (SSSR count). The molecular formula is C75H108N20O20S2. The van der Waals surface area contributed by atoms with E-state index in [9.17, 15) is 63.9 Å². The maximum atomic E-state index is 15.4. The summed E-state index contributed by atoms with van der Waals surface area (Å²) in [5.74, 6) is -19.4. The molecule has 14 atom stereocenters. The van der Waals surface area contributed by atoms with Crippen molar-refractivity contribution >= 4 is 127 Å². The van der Waals surface area contributed by atoms with Crippen LogP contribution in [-0.2, 0) is 91.2 Å². The fourth-order valence-corrected chi connectivity index (χ4v) is 14.7. The van der Waals surface area contributed by atoms with Crippen LogP contribution in [0.2, 0.25) is 0 Å². The molecule has 15 amide bonds. The van der Waals surface area contributed by atoms with Gasteiger partial charge in [0.2, 0.25) is 88.6 Å². The number of aromatic nitrogens is 1. The Morgan fingerprint density at radius 3 is 1.38 bits per heavy atom. The monoisotopic (exact) mass is 1670 g/mol. The summed E-state index contributed by atoms with van der Waals surface area (Å²) in [6.07, 6.45) is -0.738. The smallest absolute Gasteiger partial charge is 0.245 e. The molecule has 3 aromatic carbocycles. The number of hydrogen-bond acceptors (Lipinski definition) is 24. The molecule has 2 aliphatic heterocycles. The topological polar surface area (TPSA) is 655 Å². The average molecular weight is 1670 g/mol. The van der Waals surface area contributed by atoms with Crippen molar-refractivity contribution in [3.63, 3.8) is 0 Å². The molecule has 2 bridgehead atoms. The van der Waals surface area contributed by atoms with Gasteiger partial charge in [-0.25, -0.2) is 0 Å². The summed E-state index contributed by atoms with van der Waals surface area (Å²) in [6.45, 7) is 2.34. The zero-order valence-corrected chi connectivity index (χ0v) is 66.8. The third-order valence-electron chi connectivity index (χ3n) is 19.1. The Balaban J connectivity index is 1.56. The van der Waals surface area contributed by atoms with E-state index >= 15 is 33.6 Å². The van der Waals surface area contributed by atoms with Gasteiger partial charge in [-0.1, -0.05) is 98.2 Å². The Morgan fingerprint density at radius 2 is 0.897 bits per heavy atom. The summed E-state index contributed by atoms with van der Waals surface area (Å²) < 4.78 is 0. The first-order valence-electron chi connectivity index (χ1n) is 38.2. The lowest BCUT2D eigenvalue weighted by molar-refractivity contribution is -0.137. The SMILES string of the molecule is CC[C@H](C)[C@@H]1NC(=O)CNC(=O)C(CCCNC(=N)N)NC(=O)C(CO)NC(=O)[C@H](CO)NC(=O)[C@H](Cc2ccc(O)cc2)NC(=O)[C@H](CCCCN)NC(=O)[C@@H]2CSSC[C@H](NC1=O)C(=O)N[C@@H](Cc1c[nH]c3ccccc13)C(=O)N[C@@H](CO)C(=O)N[C@@H](CCC(N)=O)C(=O)N[C@@H](Cc1ccc(O)cc1)C(=O)NC(CC(C)C)C(=O)N2. The van der Waals surface area contributed by atoms with E-state index in [0.29, 0.717) is 27.6 Å². The third kappa shape index (κ3) is 30.7. The number of carbonyl (C=O) groups is 15. The van der Waals surface area contributed by atoms with Crippen LogP contribution >= 0.6 is 21.6 Å². The molecule has 42 heteroatoms.